The Labute approximate surface area is 178 Å². The van der Waals surface area contributed by atoms with Crippen LogP contribution in [0.15, 0.2) is 42.6 Å². The summed E-state index contributed by atoms with van der Waals surface area (Å²) < 4.78 is 0. The average Bonchev–Trinajstić information content (AvgIpc) is 3.08. The molecule has 1 aromatic heterocycles. The number of likely N-dealkylation sites (tertiary alicyclic amines) is 1. The number of amides is 2. The molecule has 2 fully saturated rings. The van der Waals surface area contributed by atoms with E-state index >= 15 is 0 Å². The van der Waals surface area contributed by atoms with Crippen molar-refractivity contribution in [1.82, 2.24) is 19.7 Å². The molecule has 0 radical (unpaired) electrons. The van der Waals surface area contributed by atoms with Gasteiger partial charge in [-0.1, -0.05) is 37.1 Å². The van der Waals surface area contributed by atoms with Crippen LogP contribution in [0, 0.1) is 0 Å². The third-order valence-electron chi connectivity index (χ3n) is 6.07. The minimum Gasteiger partial charge on any atom is -0.342 e. The van der Waals surface area contributed by atoms with Crippen LogP contribution >= 0.6 is 0 Å². The first-order valence-corrected chi connectivity index (χ1v) is 11.0. The number of rotatable bonds is 4. The third-order valence-corrected chi connectivity index (χ3v) is 6.07. The molecule has 0 saturated carbocycles. The fourth-order valence-electron chi connectivity index (χ4n) is 4.27. The van der Waals surface area contributed by atoms with Crippen LogP contribution in [-0.2, 0) is 9.59 Å². The average molecular weight is 407 g/mol. The summed E-state index contributed by atoms with van der Waals surface area (Å²) in [6.07, 6.45) is 9.96. The zero-order valence-corrected chi connectivity index (χ0v) is 17.5. The van der Waals surface area contributed by atoms with Crippen molar-refractivity contribution in [2.75, 3.05) is 45.8 Å². The van der Waals surface area contributed by atoms with Gasteiger partial charge >= 0.3 is 0 Å². The van der Waals surface area contributed by atoms with Crippen molar-refractivity contribution in [3.8, 4) is 0 Å². The normalized spacial score (nSPS) is 18.7. The van der Waals surface area contributed by atoms with E-state index in [1.165, 1.54) is 12.8 Å². The molecule has 30 heavy (non-hydrogen) atoms. The Bertz CT molecular complexity index is 905. The summed E-state index contributed by atoms with van der Waals surface area (Å²) in [5.74, 6) is 0.251. The minimum atomic E-state index is 0.0152. The van der Waals surface area contributed by atoms with Gasteiger partial charge in [0.2, 0.25) is 11.8 Å². The highest BCUT2D eigenvalue weighted by Crippen LogP contribution is 2.17. The van der Waals surface area contributed by atoms with Gasteiger partial charge in [0.05, 0.1) is 12.1 Å². The Kier molecular flexibility index (Phi) is 6.74. The van der Waals surface area contributed by atoms with Crippen LogP contribution in [0.3, 0.4) is 0 Å². The number of hydrogen-bond donors (Lipinski definition) is 0. The van der Waals surface area contributed by atoms with Gasteiger partial charge in [0.1, 0.15) is 0 Å². The molecule has 2 amide bonds. The Morgan fingerprint density at radius 3 is 2.37 bits per heavy atom. The largest absolute Gasteiger partial charge is 0.342 e. The van der Waals surface area contributed by atoms with Crippen LogP contribution in [0.25, 0.3) is 17.0 Å². The van der Waals surface area contributed by atoms with Gasteiger partial charge in [0.25, 0.3) is 0 Å². The molecule has 0 aliphatic carbocycles. The molecular formula is C24H30N4O2. The minimum absolute atomic E-state index is 0.0152. The van der Waals surface area contributed by atoms with Crippen molar-refractivity contribution in [2.24, 2.45) is 0 Å². The quantitative estimate of drug-likeness (QED) is 0.733. The van der Waals surface area contributed by atoms with Gasteiger partial charge in [-0.25, -0.2) is 0 Å². The van der Waals surface area contributed by atoms with Crippen molar-refractivity contribution in [2.45, 2.75) is 25.7 Å². The number of hydrogen-bond acceptors (Lipinski definition) is 4. The number of carbonyl (C=O) groups is 2. The number of fused-ring (bicyclic) bond motifs is 1. The lowest BCUT2D eigenvalue weighted by Gasteiger charge is -2.34. The maximum atomic E-state index is 12.6. The first-order valence-electron chi connectivity index (χ1n) is 11.0. The molecule has 0 bridgehead atoms. The Morgan fingerprint density at radius 1 is 0.867 bits per heavy atom. The number of benzene rings is 1. The SMILES string of the molecule is O=C(/C=C/c1cccc2cccnc12)N1CCN(CC(=O)N2CCCCCC2)CC1. The molecular weight excluding hydrogens is 376 g/mol. The van der Waals surface area contributed by atoms with Crippen LogP contribution < -0.4 is 0 Å². The summed E-state index contributed by atoms with van der Waals surface area (Å²) in [6, 6.07) is 9.92. The van der Waals surface area contributed by atoms with Gasteiger partial charge < -0.3 is 9.80 Å². The smallest absolute Gasteiger partial charge is 0.246 e. The van der Waals surface area contributed by atoms with Crippen LogP contribution in [0.2, 0.25) is 0 Å². The van der Waals surface area contributed by atoms with Crippen molar-refractivity contribution in [1.29, 1.82) is 0 Å². The summed E-state index contributed by atoms with van der Waals surface area (Å²) in [5, 5.41) is 1.06. The number of carbonyl (C=O) groups excluding carboxylic acids is 2. The number of aromatic nitrogens is 1. The summed E-state index contributed by atoms with van der Waals surface area (Å²) >= 11 is 0. The molecule has 0 atom stereocenters. The summed E-state index contributed by atoms with van der Waals surface area (Å²) in [6.45, 7) is 5.06. The van der Waals surface area contributed by atoms with Gasteiger partial charge in [0, 0.05) is 62.5 Å². The van der Waals surface area contributed by atoms with E-state index in [0.717, 1.165) is 55.5 Å². The molecule has 0 spiro atoms. The number of piperazine rings is 1. The molecule has 4 rings (SSSR count). The Hall–Kier alpha value is -2.73. The van der Waals surface area contributed by atoms with E-state index in [0.29, 0.717) is 19.6 Å². The number of para-hydroxylation sites is 1. The highest BCUT2D eigenvalue weighted by atomic mass is 16.2. The van der Waals surface area contributed by atoms with Crippen molar-refractivity contribution < 1.29 is 9.59 Å². The highest BCUT2D eigenvalue weighted by molar-refractivity contribution is 5.95. The van der Waals surface area contributed by atoms with Crippen LogP contribution in [0.4, 0.5) is 0 Å². The highest BCUT2D eigenvalue weighted by Gasteiger charge is 2.23. The number of nitrogens with zero attached hydrogens (tertiary/aromatic N) is 4. The van der Waals surface area contributed by atoms with E-state index in [-0.39, 0.29) is 11.8 Å². The van der Waals surface area contributed by atoms with Crippen LogP contribution in [-0.4, -0.2) is 77.3 Å². The Balaban J connectivity index is 1.29. The maximum absolute atomic E-state index is 12.6. The van der Waals surface area contributed by atoms with E-state index in [1.807, 2.05) is 46.2 Å². The van der Waals surface area contributed by atoms with E-state index < -0.39 is 0 Å². The Morgan fingerprint density at radius 2 is 1.60 bits per heavy atom. The van der Waals surface area contributed by atoms with Crippen molar-refractivity contribution in [3.05, 3.63) is 48.2 Å². The monoisotopic (exact) mass is 406 g/mol. The standard InChI is InChI=1S/C24H30N4O2/c29-22(11-10-21-8-5-7-20-9-6-12-25-24(20)21)28-17-15-26(16-18-28)19-23(30)27-13-3-1-2-4-14-27/h5-12H,1-4,13-19H2/b11-10+. The summed E-state index contributed by atoms with van der Waals surface area (Å²) in [5.41, 5.74) is 1.85. The zero-order chi connectivity index (χ0) is 20.8. The fourth-order valence-corrected chi connectivity index (χ4v) is 4.27. The summed E-state index contributed by atoms with van der Waals surface area (Å²) in [4.78, 5) is 35.7. The third kappa shape index (κ3) is 5.05. The molecule has 0 unspecified atom stereocenters. The summed E-state index contributed by atoms with van der Waals surface area (Å²) in [7, 11) is 0. The van der Waals surface area contributed by atoms with Gasteiger partial charge in [-0.05, 0) is 25.0 Å². The lowest BCUT2D eigenvalue weighted by atomic mass is 10.1. The molecule has 2 aromatic rings. The molecule has 6 nitrogen and oxygen atoms in total. The van der Waals surface area contributed by atoms with Crippen LogP contribution in [0.1, 0.15) is 31.2 Å². The van der Waals surface area contributed by atoms with Gasteiger partial charge in [-0.2, -0.15) is 0 Å². The van der Waals surface area contributed by atoms with E-state index in [4.69, 9.17) is 0 Å². The molecule has 6 heteroatoms. The lowest BCUT2D eigenvalue weighted by Crippen LogP contribution is -2.51. The zero-order valence-electron chi connectivity index (χ0n) is 17.5. The fraction of sp³-hybridized carbons (Fsp3) is 0.458. The first-order chi connectivity index (χ1) is 14.7. The molecule has 2 saturated heterocycles. The molecule has 1 aromatic carbocycles. The maximum Gasteiger partial charge on any atom is 0.246 e. The predicted molar refractivity (Wildman–Crippen MR) is 119 cm³/mol. The van der Waals surface area contributed by atoms with Crippen LogP contribution in [0.5, 0.6) is 0 Å². The number of pyridine rings is 1. The first kappa shape index (κ1) is 20.5. The second kappa shape index (κ2) is 9.85. The van der Waals surface area contributed by atoms with E-state index in [9.17, 15) is 9.59 Å². The molecule has 158 valence electrons. The van der Waals surface area contributed by atoms with E-state index in [1.54, 1.807) is 12.3 Å². The molecule has 2 aliphatic rings. The lowest BCUT2D eigenvalue weighted by molar-refractivity contribution is -0.133. The second-order valence-electron chi connectivity index (χ2n) is 8.15. The van der Waals surface area contributed by atoms with Gasteiger partial charge in [-0.3, -0.25) is 19.5 Å². The van der Waals surface area contributed by atoms with Gasteiger partial charge in [-0.15, -0.1) is 0 Å². The topological polar surface area (TPSA) is 56.8 Å². The molecule has 3 heterocycles. The molecule has 0 N–H and O–H groups in total. The van der Waals surface area contributed by atoms with Crippen molar-refractivity contribution >= 4 is 28.8 Å². The van der Waals surface area contributed by atoms with Crippen molar-refractivity contribution in [3.63, 3.8) is 0 Å². The van der Waals surface area contributed by atoms with E-state index in [2.05, 4.69) is 9.88 Å². The predicted octanol–water partition coefficient (Wildman–Crippen LogP) is 2.79. The molecule has 2 aliphatic heterocycles. The second-order valence-corrected chi connectivity index (χ2v) is 8.15. The van der Waals surface area contributed by atoms with Gasteiger partial charge in [0.15, 0.2) is 0 Å².